The molecule has 0 fully saturated rings. The van der Waals surface area contributed by atoms with Crippen LogP contribution in [0, 0.1) is 0 Å². The molecule has 1 rings (SSSR count). The molecule has 0 atom stereocenters. The summed E-state index contributed by atoms with van der Waals surface area (Å²) in [6.07, 6.45) is 8.86. The molecule has 0 nitrogen and oxygen atoms in total. The van der Waals surface area contributed by atoms with E-state index in [1.807, 2.05) is 6.07 Å². The molecule has 0 amide bonds. The lowest BCUT2D eigenvalue weighted by Crippen LogP contribution is -1.76. The van der Waals surface area contributed by atoms with Crippen molar-refractivity contribution in [2.24, 2.45) is 0 Å². The topological polar surface area (TPSA) is 0 Å². The zero-order valence-corrected chi connectivity index (χ0v) is 9.03. The van der Waals surface area contributed by atoms with Crippen molar-refractivity contribution < 1.29 is 0 Å². The molecule has 0 aliphatic heterocycles. The Morgan fingerprint density at radius 2 is 1.86 bits per heavy atom. The molecule has 1 aromatic carbocycles. The summed E-state index contributed by atoms with van der Waals surface area (Å²) in [5.74, 6) is 0. The number of rotatable bonds is 4. The minimum Gasteiger partial charge on any atom is -0.0845 e. The molecule has 14 heavy (non-hydrogen) atoms. The SMILES string of the molecule is CC/C=C\C(=C\c1ccccc1)CC. The second kappa shape index (κ2) is 6.20. The van der Waals surface area contributed by atoms with Crippen LogP contribution in [0.1, 0.15) is 32.3 Å². The number of benzene rings is 1. The summed E-state index contributed by atoms with van der Waals surface area (Å²) >= 11 is 0. The maximum absolute atomic E-state index is 2.24. The Hall–Kier alpha value is -1.30. The molecule has 74 valence electrons. The predicted molar refractivity (Wildman–Crippen MR) is 64.1 cm³/mol. The first-order valence-electron chi connectivity index (χ1n) is 5.29. The van der Waals surface area contributed by atoms with Gasteiger partial charge in [0.25, 0.3) is 0 Å². The molecule has 0 unspecified atom stereocenters. The van der Waals surface area contributed by atoms with Gasteiger partial charge in [0.1, 0.15) is 0 Å². The predicted octanol–water partition coefficient (Wildman–Crippen LogP) is 4.45. The van der Waals surface area contributed by atoms with Gasteiger partial charge in [0.05, 0.1) is 0 Å². The Bertz CT molecular complexity index is 304. The van der Waals surface area contributed by atoms with Gasteiger partial charge in [0, 0.05) is 0 Å². The van der Waals surface area contributed by atoms with Crippen LogP contribution in [0.15, 0.2) is 48.1 Å². The third-order valence-corrected chi connectivity index (χ3v) is 2.13. The quantitative estimate of drug-likeness (QED) is 0.609. The zero-order chi connectivity index (χ0) is 10.2. The second-order valence-electron chi connectivity index (χ2n) is 3.29. The summed E-state index contributed by atoms with van der Waals surface area (Å²) in [6, 6.07) is 10.5. The highest BCUT2D eigenvalue weighted by molar-refractivity contribution is 5.55. The lowest BCUT2D eigenvalue weighted by molar-refractivity contribution is 1.14. The normalized spacial score (nSPS) is 12.3. The van der Waals surface area contributed by atoms with E-state index >= 15 is 0 Å². The maximum atomic E-state index is 2.24. The minimum atomic E-state index is 1.09. The van der Waals surface area contributed by atoms with Crippen LogP contribution in [-0.4, -0.2) is 0 Å². The van der Waals surface area contributed by atoms with E-state index < -0.39 is 0 Å². The van der Waals surface area contributed by atoms with E-state index in [1.54, 1.807) is 0 Å². The minimum absolute atomic E-state index is 1.09. The van der Waals surface area contributed by atoms with Crippen molar-refractivity contribution in [3.8, 4) is 0 Å². The highest BCUT2D eigenvalue weighted by Crippen LogP contribution is 2.10. The Labute approximate surface area is 87.0 Å². The van der Waals surface area contributed by atoms with Crippen molar-refractivity contribution in [1.82, 2.24) is 0 Å². The molecular formula is C14H18. The van der Waals surface area contributed by atoms with Gasteiger partial charge in [-0.15, -0.1) is 0 Å². The molecule has 0 aliphatic carbocycles. The molecule has 0 heteroatoms. The summed E-state index contributed by atoms with van der Waals surface area (Å²) in [5, 5.41) is 0. The van der Waals surface area contributed by atoms with Gasteiger partial charge in [-0.2, -0.15) is 0 Å². The standard InChI is InChI=1S/C14H18/c1-3-5-9-13(4-2)12-14-10-7-6-8-11-14/h5-12H,3-4H2,1-2H3/b9-5-,13-12+. The van der Waals surface area contributed by atoms with Gasteiger partial charge < -0.3 is 0 Å². The number of hydrogen-bond acceptors (Lipinski definition) is 0. The Kier molecular flexibility index (Phi) is 4.77. The van der Waals surface area contributed by atoms with E-state index in [-0.39, 0.29) is 0 Å². The van der Waals surface area contributed by atoms with Crippen LogP contribution in [-0.2, 0) is 0 Å². The van der Waals surface area contributed by atoms with Gasteiger partial charge in [0.2, 0.25) is 0 Å². The highest BCUT2D eigenvalue weighted by atomic mass is 13.9. The molecule has 0 aromatic heterocycles. The fraction of sp³-hybridized carbons (Fsp3) is 0.286. The first-order chi connectivity index (χ1) is 6.86. The third kappa shape index (κ3) is 3.61. The third-order valence-electron chi connectivity index (χ3n) is 2.13. The van der Waals surface area contributed by atoms with E-state index in [9.17, 15) is 0 Å². The summed E-state index contributed by atoms with van der Waals surface area (Å²) in [6.45, 7) is 4.35. The molecule has 0 spiro atoms. The van der Waals surface area contributed by atoms with Crippen molar-refractivity contribution in [3.05, 3.63) is 53.6 Å². The summed E-state index contributed by atoms with van der Waals surface area (Å²) in [5.41, 5.74) is 2.67. The molecular weight excluding hydrogens is 168 g/mol. The van der Waals surface area contributed by atoms with E-state index in [1.165, 1.54) is 11.1 Å². The van der Waals surface area contributed by atoms with Crippen molar-refractivity contribution in [2.75, 3.05) is 0 Å². The van der Waals surface area contributed by atoms with Crippen LogP contribution in [0.5, 0.6) is 0 Å². The van der Waals surface area contributed by atoms with Gasteiger partial charge in [-0.3, -0.25) is 0 Å². The maximum Gasteiger partial charge on any atom is -0.0254 e. The van der Waals surface area contributed by atoms with Crippen LogP contribution in [0.2, 0.25) is 0 Å². The van der Waals surface area contributed by atoms with Crippen LogP contribution in [0.3, 0.4) is 0 Å². The number of hydrogen-bond donors (Lipinski definition) is 0. The van der Waals surface area contributed by atoms with Gasteiger partial charge in [0.15, 0.2) is 0 Å². The number of allylic oxidation sites excluding steroid dienone is 3. The van der Waals surface area contributed by atoms with E-state index in [4.69, 9.17) is 0 Å². The first-order valence-corrected chi connectivity index (χ1v) is 5.29. The fourth-order valence-electron chi connectivity index (χ4n) is 1.30. The van der Waals surface area contributed by atoms with Crippen LogP contribution >= 0.6 is 0 Å². The molecule has 0 heterocycles. The molecule has 1 aromatic rings. The summed E-state index contributed by atoms with van der Waals surface area (Å²) in [4.78, 5) is 0. The van der Waals surface area contributed by atoms with Gasteiger partial charge in [-0.05, 0) is 24.0 Å². The molecule has 0 bridgehead atoms. The lowest BCUT2D eigenvalue weighted by Gasteiger charge is -1.97. The smallest absolute Gasteiger partial charge is 0.0254 e. The van der Waals surface area contributed by atoms with E-state index in [0.717, 1.165) is 12.8 Å². The van der Waals surface area contributed by atoms with Crippen LogP contribution in [0.4, 0.5) is 0 Å². The first kappa shape index (κ1) is 10.8. The molecule has 0 aliphatic rings. The lowest BCUT2D eigenvalue weighted by atomic mass is 10.1. The van der Waals surface area contributed by atoms with E-state index in [0.29, 0.717) is 0 Å². The van der Waals surface area contributed by atoms with Gasteiger partial charge in [-0.1, -0.05) is 62.4 Å². The van der Waals surface area contributed by atoms with Crippen molar-refractivity contribution in [1.29, 1.82) is 0 Å². The van der Waals surface area contributed by atoms with Crippen molar-refractivity contribution >= 4 is 6.08 Å². The fourth-order valence-corrected chi connectivity index (χ4v) is 1.30. The Morgan fingerprint density at radius 1 is 1.14 bits per heavy atom. The summed E-state index contributed by atoms with van der Waals surface area (Å²) in [7, 11) is 0. The van der Waals surface area contributed by atoms with Crippen LogP contribution < -0.4 is 0 Å². The van der Waals surface area contributed by atoms with Crippen molar-refractivity contribution in [2.45, 2.75) is 26.7 Å². The van der Waals surface area contributed by atoms with E-state index in [2.05, 4.69) is 56.3 Å². The van der Waals surface area contributed by atoms with Gasteiger partial charge in [-0.25, -0.2) is 0 Å². The second-order valence-corrected chi connectivity index (χ2v) is 3.29. The summed E-state index contributed by atoms with van der Waals surface area (Å²) < 4.78 is 0. The Morgan fingerprint density at radius 3 is 2.43 bits per heavy atom. The monoisotopic (exact) mass is 186 g/mol. The molecule has 0 saturated carbocycles. The van der Waals surface area contributed by atoms with Gasteiger partial charge >= 0.3 is 0 Å². The molecule has 0 radical (unpaired) electrons. The van der Waals surface area contributed by atoms with Crippen LogP contribution in [0.25, 0.3) is 6.08 Å². The zero-order valence-electron chi connectivity index (χ0n) is 9.03. The molecule has 0 saturated heterocycles. The largest absolute Gasteiger partial charge is 0.0845 e. The van der Waals surface area contributed by atoms with Crippen molar-refractivity contribution in [3.63, 3.8) is 0 Å². The molecule has 0 N–H and O–H groups in total. The Balaban J connectivity index is 2.79. The highest BCUT2D eigenvalue weighted by Gasteiger charge is 1.89. The average molecular weight is 186 g/mol. The average Bonchev–Trinajstić information content (AvgIpc) is 2.25.